The van der Waals surface area contributed by atoms with Crippen LogP contribution in [-0.4, -0.2) is 5.91 Å². The zero-order valence-electron chi connectivity index (χ0n) is 13.7. The zero-order chi connectivity index (χ0) is 18.7. The van der Waals surface area contributed by atoms with E-state index in [1.807, 2.05) is 0 Å². The Balaban J connectivity index is 1.65. The Bertz CT molecular complexity index is 956. The number of rotatable bonds is 5. The highest BCUT2D eigenvalue weighted by atomic mass is 32.1. The molecule has 0 aliphatic carbocycles. The van der Waals surface area contributed by atoms with Crippen molar-refractivity contribution in [3.63, 3.8) is 0 Å². The lowest BCUT2D eigenvalue weighted by molar-refractivity contribution is 0.103. The van der Waals surface area contributed by atoms with Crippen LogP contribution in [0.3, 0.4) is 0 Å². The fraction of sp³-hybridized carbons (Fsp3) is 0.105. The second-order valence-electron chi connectivity index (χ2n) is 5.62. The molecule has 0 saturated carbocycles. The summed E-state index contributed by atoms with van der Waals surface area (Å²) in [7, 11) is 0. The molecule has 3 nitrogen and oxygen atoms in total. The Labute approximate surface area is 152 Å². The largest absolute Gasteiger partial charge is 0.486 e. The van der Waals surface area contributed by atoms with Gasteiger partial charge in [0.25, 0.3) is 5.91 Å². The van der Waals surface area contributed by atoms with Gasteiger partial charge < -0.3 is 10.1 Å². The van der Waals surface area contributed by atoms with Crippen LogP contribution in [0.1, 0.15) is 20.8 Å². The molecular weight excluding hydrogens is 363 g/mol. The standard InChI is InChI=1S/C19H14F3NO2S/c1-11-2-4-14(21)16(6-11)23-19(24)18-7-12(10-26-18)9-25-17-5-3-13(20)8-15(17)22/h2-8,10H,9H2,1H3,(H,23,24). The first-order valence-corrected chi connectivity index (χ1v) is 8.53. The molecule has 0 fully saturated rings. The quantitative estimate of drug-likeness (QED) is 0.655. The summed E-state index contributed by atoms with van der Waals surface area (Å²) in [6.07, 6.45) is 0. The number of hydrogen-bond acceptors (Lipinski definition) is 3. The molecular formula is C19H14F3NO2S. The Morgan fingerprint density at radius 1 is 1.08 bits per heavy atom. The van der Waals surface area contributed by atoms with Crippen molar-refractivity contribution in [3.8, 4) is 5.75 Å². The van der Waals surface area contributed by atoms with E-state index in [4.69, 9.17) is 4.74 Å². The molecule has 0 aliphatic rings. The van der Waals surface area contributed by atoms with Crippen LogP contribution < -0.4 is 10.1 Å². The fourth-order valence-electron chi connectivity index (χ4n) is 2.24. The molecule has 26 heavy (non-hydrogen) atoms. The van der Waals surface area contributed by atoms with Crippen LogP contribution in [0.15, 0.2) is 47.8 Å². The van der Waals surface area contributed by atoms with Crippen molar-refractivity contribution in [2.75, 3.05) is 5.32 Å². The topological polar surface area (TPSA) is 38.3 Å². The third-order valence-electron chi connectivity index (χ3n) is 3.54. The van der Waals surface area contributed by atoms with Crippen LogP contribution in [-0.2, 0) is 6.61 Å². The smallest absolute Gasteiger partial charge is 0.265 e. The maximum absolute atomic E-state index is 13.7. The number of thiophene rings is 1. The second-order valence-corrected chi connectivity index (χ2v) is 6.53. The molecule has 0 saturated heterocycles. The number of halogens is 3. The number of aryl methyl sites for hydroxylation is 1. The number of carbonyl (C=O) groups is 1. The van der Waals surface area contributed by atoms with Gasteiger partial charge >= 0.3 is 0 Å². The van der Waals surface area contributed by atoms with Gasteiger partial charge in [-0.05, 0) is 48.2 Å². The van der Waals surface area contributed by atoms with Gasteiger partial charge in [-0.25, -0.2) is 13.2 Å². The van der Waals surface area contributed by atoms with Crippen LogP contribution in [0.4, 0.5) is 18.9 Å². The number of anilines is 1. The van der Waals surface area contributed by atoms with Gasteiger partial charge in [-0.1, -0.05) is 6.07 Å². The minimum atomic E-state index is -0.798. The monoisotopic (exact) mass is 377 g/mol. The average molecular weight is 377 g/mol. The van der Waals surface area contributed by atoms with E-state index >= 15 is 0 Å². The highest BCUT2D eigenvalue weighted by molar-refractivity contribution is 7.12. The van der Waals surface area contributed by atoms with Crippen LogP contribution in [0.2, 0.25) is 0 Å². The number of carbonyl (C=O) groups excluding carboxylic acids is 1. The first kappa shape index (κ1) is 18.0. The molecule has 0 spiro atoms. The number of hydrogen-bond donors (Lipinski definition) is 1. The van der Waals surface area contributed by atoms with Crippen molar-refractivity contribution in [3.05, 3.63) is 81.3 Å². The molecule has 0 radical (unpaired) electrons. The maximum atomic E-state index is 13.7. The summed E-state index contributed by atoms with van der Waals surface area (Å²) in [4.78, 5) is 12.6. The van der Waals surface area contributed by atoms with Gasteiger partial charge in [-0.15, -0.1) is 11.3 Å². The van der Waals surface area contributed by atoms with Crippen molar-refractivity contribution in [2.45, 2.75) is 13.5 Å². The maximum Gasteiger partial charge on any atom is 0.265 e. The summed E-state index contributed by atoms with van der Waals surface area (Å²) in [5.41, 5.74) is 1.58. The minimum absolute atomic E-state index is 0.0190. The van der Waals surface area contributed by atoms with Crippen molar-refractivity contribution in [1.82, 2.24) is 0 Å². The van der Waals surface area contributed by atoms with E-state index in [0.717, 1.165) is 29.0 Å². The predicted molar refractivity (Wildman–Crippen MR) is 94.1 cm³/mol. The predicted octanol–water partition coefficient (Wildman–Crippen LogP) is 5.31. The van der Waals surface area contributed by atoms with E-state index in [1.54, 1.807) is 30.5 Å². The van der Waals surface area contributed by atoms with Crippen molar-refractivity contribution >= 4 is 22.9 Å². The zero-order valence-corrected chi connectivity index (χ0v) is 14.5. The fourth-order valence-corrected chi connectivity index (χ4v) is 3.03. The van der Waals surface area contributed by atoms with Gasteiger partial charge in [-0.2, -0.15) is 0 Å². The van der Waals surface area contributed by atoms with E-state index in [9.17, 15) is 18.0 Å². The first-order chi connectivity index (χ1) is 12.4. The van der Waals surface area contributed by atoms with Crippen LogP contribution >= 0.6 is 11.3 Å². The van der Waals surface area contributed by atoms with Gasteiger partial charge in [0.15, 0.2) is 11.6 Å². The van der Waals surface area contributed by atoms with E-state index < -0.39 is 23.4 Å². The van der Waals surface area contributed by atoms with Gasteiger partial charge in [0.1, 0.15) is 18.2 Å². The average Bonchev–Trinajstić information content (AvgIpc) is 3.06. The number of benzene rings is 2. The van der Waals surface area contributed by atoms with Gasteiger partial charge in [0.05, 0.1) is 10.6 Å². The van der Waals surface area contributed by atoms with Gasteiger partial charge in [0, 0.05) is 11.6 Å². The highest BCUT2D eigenvalue weighted by Crippen LogP contribution is 2.23. The summed E-state index contributed by atoms with van der Waals surface area (Å²) in [6, 6.07) is 9.05. The molecule has 1 heterocycles. The number of ether oxygens (including phenoxy) is 1. The molecule has 0 unspecified atom stereocenters. The molecule has 3 rings (SSSR count). The minimum Gasteiger partial charge on any atom is -0.486 e. The van der Waals surface area contributed by atoms with Crippen LogP contribution in [0.5, 0.6) is 5.75 Å². The second kappa shape index (κ2) is 7.61. The summed E-state index contributed by atoms with van der Waals surface area (Å²) in [5.74, 6) is -2.53. The van der Waals surface area contributed by atoms with Gasteiger partial charge in [0.2, 0.25) is 0 Å². The first-order valence-electron chi connectivity index (χ1n) is 7.65. The summed E-state index contributed by atoms with van der Waals surface area (Å²) < 4.78 is 45.4. The lowest BCUT2D eigenvalue weighted by Crippen LogP contribution is -2.11. The SMILES string of the molecule is Cc1ccc(F)c(NC(=O)c2cc(COc3ccc(F)cc3F)cs2)c1. The lowest BCUT2D eigenvalue weighted by Gasteiger charge is -2.06. The Morgan fingerprint density at radius 3 is 2.65 bits per heavy atom. The summed E-state index contributed by atoms with van der Waals surface area (Å²) >= 11 is 1.16. The molecule has 0 aliphatic heterocycles. The van der Waals surface area contributed by atoms with Gasteiger partial charge in [-0.3, -0.25) is 4.79 Å². The van der Waals surface area contributed by atoms with E-state index in [-0.39, 0.29) is 18.0 Å². The Kier molecular flexibility index (Phi) is 5.27. The van der Waals surface area contributed by atoms with E-state index in [2.05, 4.69) is 5.32 Å². The van der Waals surface area contributed by atoms with Crippen molar-refractivity contribution in [1.29, 1.82) is 0 Å². The molecule has 0 bridgehead atoms. The molecule has 7 heteroatoms. The molecule has 2 aromatic carbocycles. The van der Waals surface area contributed by atoms with Crippen molar-refractivity contribution < 1.29 is 22.7 Å². The highest BCUT2D eigenvalue weighted by Gasteiger charge is 2.13. The molecule has 1 aromatic heterocycles. The third kappa shape index (κ3) is 4.23. The van der Waals surface area contributed by atoms with E-state index in [1.165, 1.54) is 12.1 Å². The lowest BCUT2D eigenvalue weighted by atomic mass is 10.2. The van der Waals surface area contributed by atoms with E-state index in [0.29, 0.717) is 10.4 Å². The summed E-state index contributed by atoms with van der Waals surface area (Å²) in [5, 5.41) is 4.21. The number of nitrogens with one attached hydrogen (secondary N) is 1. The number of amides is 1. The van der Waals surface area contributed by atoms with Crippen LogP contribution in [0, 0.1) is 24.4 Å². The summed E-state index contributed by atoms with van der Waals surface area (Å²) in [6.45, 7) is 1.81. The third-order valence-corrected chi connectivity index (χ3v) is 4.51. The normalized spacial score (nSPS) is 10.6. The molecule has 1 N–H and O–H groups in total. The molecule has 0 atom stereocenters. The van der Waals surface area contributed by atoms with Crippen molar-refractivity contribution in [2.24, 2.45) is 0 Å². The molecule has 3 aromatic rings. The molecule has 134 valence electrons. The van der Waals surface area contributed by atoms with Crippen LogP contribution in [0.25, 0.3) is 0 Å². The Morgan fingerprint density at radius 2 is 1.88 bits per heavy atom. The molecule has 1 amide bonds. The Hall–Kier alpha value is -2.80.